The highest BCUT2D eigenvalue weighted by molar-refractivity contribution is 9.10. The third kappa shape index (κ3) is 2.49. The van der Waals surface area contributed by atoms with E-state index < -0.39 is 0 Å². The van der Waals surface area contributed by atoms with Crippen molar-refractivity contribution >= 4 is 15.9 Å². The van der Waals surface area contributed by atoms with Gasteiger partial charge in [0.15, 0.2) is 0 Å². The molecule has 2 heterocycles. The van der Waals surface area contributed by atoms with Crippen LogP contribution in [0.2, 0.25) is 0 Å². The third-order valence-corrected chi connectivity index (χ3v) is 4.93. The second-order valence-electron chi connectivity index (χ2n) is 5.65. The van der Waals surface area contributed by atoms with Crippen LogP contribution in [0, 0.1) is 5.92 Å². The summed E-state index contributed by atoms with van der Waals surface area (Å²) in [7, 11) is 0. The van der Waals surface area contributed by atoms with Crippen LogP contribution in [0.1, 0.15) is 24.8 Å². The number of rotatable bonds is 3. The van der Waals surface area contributed by atoms with Crippen LogP contribution in [0.25, 0.3) is 0 Å². The van der Waals surface area contributed by atoms with Crippen molar-refractivity contribution in [3.05, 3.63) is 34.3 Å². The molecule has 3 rings (SSSR count). The van der Waals surface area contributed by atoms with Crippen LogP contribution < -0.4 is 5.32 Å². The van der Waals surface area contributed by atoms with Crippen LogP contribution in [0.5, 0.6) is 0 Å². The highest BCUT2D eigenvalue weighted by Crippen LogP contribution is 2.38. The molecular formula is C15H20BrNO. The van der Waals surface area contributed by atoms with Crippen molar-refractivity contribution in [2.24, 2.45) is 5.92 Å². The Morgan fingerprint density at radius 3 is 2.39 bits per heavy atom. The Hall–Kier alpha value is -0.380. The second-order valence-corrected chi connectivity index (χ2v) is 6.57. The Labute approximate surface area is 117 Å². The molecule has 0 bridgehead atoms. The molecule has 1 aromatic rings. The van der Waals surface area contributed by atoms with E-state index in [0.29, 0.717) is 5.41 Å². The van der Waals surface area contributed by atoms with Gasteiger partial charge in [-0.15, -0.1) is 0 Å². The Balaban J connectivity index is 1.74. The van der Waals surface area contributed by atoms with Crippen molar-refractivity contribution in [1.29, 1.82) is 0 Å². The van der Waals surface area contributed by atoms with Gasteiger partial charge in [0, 0.05) is 36.2 Å². The maximum absolute atomic E-state index is 5.47. The SMILES string of the molecule is Brc1ccc(C2(CC3CCOCC3)CNC2)cc1. The molecule has 2 aliphatic rings. The summed E-state index contributed by atoms with van der Waals surface area (Å²) in [4.78, 5) is 0. The number of nitrogens with one attached hydrogen (secondary N) is 1. The van der Waals surface area contributed by atoms with Gasteiger partial charge in [-0.25, -0.2) is 0 Å². The summed E-state index contributed by atoms with van der Waals surface area (Å²) in [6, 6.07) is 8.90. The summed E-state index contributed by atoms with van der Waals surface area (Å²) < 4.78 is 6.63. The van der Waals surface area contributed by atoms with Gasteiger partial charge in [0.25, 0.3) is 0 Å². The monoisotopic (exact) mass is 309 g/mol. The largest absolute Gasteiger partial charge is 0.381 e. The molecular weight excluding hydrogens is 290 g/mol. The van der Waals surface area contributed by atoms with Crippen LogP contribution in [0.15, 0.2) is 28.7 Å². The standard InChI is InChI=1S/C15H20BrNO/c16-14-3-1-13(2-4-14)15(10-17-11-15)9-12-5-7-18-8-6-12/h1-4,12,17H,5-11H2. The number of hydrogen-bond acceptors (Lipinski definition) is 2. The number of benzene rings is 1. The molecule has 2 aliphatic heterocycles. The second kappa shape index (κ2) is 5.32. The van der Waals surface area contributed by atoms with E-state index in [9.17, 15) is 0 Å². The van der Waals surface area contributed by atoms with E-state index in [1.165, 1.54) is 29.3 Å². The van der Waals surface area contributed by atoms with E-state index in [0.717, 1.165) is 32.2 Å². The number of ether oxygens (including phenoxy) is 1. The third-order valence-electron chi connectivity index (χ3n) is 4.40. The molecule has 18 heavy (non-hydrogen) atoms. The molecule has 0 radical (unpaired) electrons. The van der Waals surface area contributed by atoms with Crippen LogP contribution in [-0.2, 0) is 10.2 Å². The van der Waals surface area contributed by atoms with E-state index in [-0.39, 0.29) is 0 Å². The molecule has 0 amide bonds. The first-order valence-corrected chi connectivity index (χ1v) is 7.62. The number of halogens is 1. The van der Waals surface area contributed by atoms with Gasteiger partial charge in [-0.1, -0.05) is 28.1 Å². The lowest BCUT2D eigenvalue weighted by atomic mass is 9.68. The normalized spacial score (nSPS) is 23.6. The fourth-order valence-corrected chi connectivity index (χ4v) is 3.46. The van der Waals surface area contributed by atoms with Gasteiger partial charge < -0.3 is 10.1 Å². The first kappa shape index (κ1) is 12.6. The van der Waals surface area contributed by atoms with Crippen molar-refractivity contribution in [3.63, 3.8) is 0 Å². The Morgan fingerprint density at radius 1 is 1.17 bits per heavy atom. The molecule has 0 spiro atoms. The van der Waals surface area contributed by atoms with Gasteiger partial charge in [0.2, 0.25) is 0 Å². The molecule has 98 valence electrons. The molecule has 0 aromatic heterocycles. The zero-order valence-electron chi connectivity index (χ0n) is 10.6. The zero-order chi connectivity index (χ0) is 12.4. The molecule has 1 aromatic carbocycles. The summed E-state index contributed by atoms with van der Waals surface area (Å²) in [5.74, 6) is 0.837. The topological polar surface area (TPSA) is 21.3 Å². The highest BCUT2D eigenvalue weighted by Gasteiger charge is 2.40. The lowest BCUT2D eigenvalue weighted by molar-refractivity contribution is 0.0501. The molecule has 2 nitrogen and oxygen atoms in total. The van der Waals surface area contributed by atoms with Gasteiger partial charge in [-0.3, -0.25) is 0 Å². The fourth-order valence-electron chi connectivity index (χ4n) is 3.20. The molecule has 1 N–H and O–H groups in total. The van der Waals surface area contributed by atoms with Crippen molar-refractivity contribution in [3.8, 4) is 0 Å². The predicted octanol–water partition coefficient (Wildman–Crippen LogP) is 3.11. The van der Waals surface area contributed by atoms with E-state index in [1.54, 1.807) is 0 Å². The molecule has 0 unspecified atom stereocenters. The van der Waals surface area contributed by atoms with Gasteiger partial charge in [-0.2, -0.15) is 0 Å². The van der Waals surface area contributed by atoms with Crippen molar-refractivity contribution in [2.45, 2.75) is 24.7 Å². The average molecular weight is 310 g/mol. The molecule has 0 aliphatic carbocycles. The molecule has 3 heteroatoms. The summed E-state index contributed by atoms with van der Waals surface area (Å²) in [6.07, 6.45) is 3.78. The molecule has 0 atom stereocenters. The van der Waals surface area contributed by atoms with E-state index in [2.05, 4.69) is 45.5 Å². The summed E-state index contributed by atoms with van der Waals surface area (Å²) >= 11 is 3.52. The first-order valence-electron chi connectivity index (χ1n) is 6.83. The van der Waals surface area contributed by atoms with Crippen molar-refractivity contribution < 1.29 is 4.74 Å². The van der Waals surface area contributed by atoms with E-state index in [1.807, 2.05) is 0 Å². The maximum Gasteiger partial charge on any atom is 0.0468 e. The minimum Gasteiger partial charge on any atom is -0.381 e. The molecule has 2 saturated heterocycles. The predicted molar refractivity (Wildman–Crippen MR) is 76.8 cm³/mol. The van der Waals surface area contributed by atoms with Crippen LogP contribution in [0.4, 0.5) is 0 Å². The smallest absolute Gasteiger partial charge is 0.0468 e. The van der Waals surface area contributed by atoms with Gasteiger partial charge in [-0.05, 0) is 42.9 Å². The molecule has 0 saturated carbocycles. The fraction of sp³-hybridized carbons (Fsp3) is 0.600. The first-order chi connectivity index (χ1) is 8.78. The zero-order valence-corrected chi connectivity index (χ0v) is 12.2. The van der Waals surface area contributed by atoms with Gasteiger partial charge in [0.05, 0.1) is 0 Å². The molecule has 2 fully saturated rings. The number of hydrogen-bond donors (Lipinski definition) is 1. The lowest BCUT2D eigenvalue weighted by Crippen LogP contribution is -2.57. The lowest BCUT2D eigenvalue weighted by Gasteiger charge is -2.46. The Bertz CT molecular complexity index is 393. The Kier molecular flexibility index (Phi) is 3.73. The summed E-state index contributed by atoms with van der Waals surface area (Å²) in [5.41, 5.74) is 1.87. The van der Waals surface area contributed by atoms with Crippen LogP contribution in [0.3, 0.4) is 0 Å². The van der Waals surface area contributed by atoms with Gasteiger partial charge in [0.1, 0.15) is 0 Å². The van der Waals surface area contributed by atoms with Crippen LogP contribution in [-0.4, -0.2) is 26.3 Å². The summed E-state index contributed by atoms with van der Waals surface area (Å²) in [6.45, 7) is 4.17. The van der Waals surface area contributed by atoms with Crippen LogP contribution >= 0.6 is 15.9 Å². The summed E-state index contributed by atoms with van der Waals surface area (Å²) in [5, 5.41) is 3.46. The highest BCUT2D eigenvalue weighted by atomic mass is 79.9. The van der Waals surface area contributed by atoms with E-state index >= 15 is 0 Å². The van der Waals surface area contributed by atoms with Crippen molar-refractivity contribution in [2.75, 3.05) is 26.3 Å². The average Bonchev–Trinajstić information content (AvgIpc) is 2.36. The quantitative estimate of drug-likeness (QED) is 0.926. The minimum atomic E-state index is 0.378. The Morgan fingerprint density at radius 2 is 1.83 bits per heavy atom. The maximum atomic E-state index is 5.47. The van der Waals surface area contributed by atoms with E-state index in [4.69, 9.17) is 4.74 Å². The van der Waals surface area contributed by atoms with Crippen molar-refractivity contribution in [1.82, 2.24) is 5.32 Å². The minimum absolute atomic E-state index is 0.378. The van der Waals surface area contributed by atoms with Gasteiger partial charge >= 0.3 is 0 Å².